The van der Waals surface area contributed by atoms with Gasteiger partial charge in [-0.05, 0) is 36.4 Å². The van der Waals surface area contributed by atoms with Crippen molar-refractivity contribution in [3.8, 4) is 11.5 Å². The Hall–Kier alpha value is -3.39. The van der Waals surface area contributed by atoms with Crippen LogP contribution in [-0.4, -0.2) is 39.5 Å². The maximum atomic E-state index is 13.1. The van der Waals surface area contributed by atoms with Gasteiger partial charge in [-0.3, -0.25) is 0 Å². The van der Waals surface area contributed by atoms with Crippen molar-refractivity contribution < 1.29 is 32.9 Å². The van der Waals surface area contributed by atoms with Gasteiger partial charge in [-0.2, -0.15) is 0 Å². The molecule has 0 fully saturated rings. The number of halogens is 1. The second-order valence-corrected chi connectivity index (χ2v) is 5.77. The summed E-state index contributed by atoms with van der Waals surface area (Å²) < 4.78 is 33.8. The van der Waals surface area contributed by atoms with Crippen LogP contribution in [-0.2, 0) is 23.8 Å². The first kappa shape index (κ1) is 19.4. The maximum Gasteiger partial charge on any atom is 0.355 e. The molecule has 2 aromatic rings. The molecule has 8 heteroatoms. The van der Waals surface area contributed by atoms with Gasteiger partial charge in [0.05, 0.1) is 26.4 Å². The average molecular weight is 387 g/mol. The van der Waals surface area contributed by atoms with E-state index in [-0.39, 0.29) is 30.4 Å². The van der Waals surface area contributed by atoms with Crippen LogP contribution in [0, 0.1) is 5.82 Å². The zero-order valence-electron chi connectivity index (χ0n) is 15.3. The highest BCUT2D eigenvalue weighted by molar-refractivity contribution is 6.03. The monoisotopic (exact) mass is 387 g/mol. The molecule has 3 rings (SSSR count). The van der Waals surface area contributed by atoms with Crippen LogP contribution < -0.4 is 9.64 Å². The number of carbonyl (C=O) groups is 2. The molecule has 0 saturated carbocycles. The summed E-state index contributed by atoms with van der Waals surface area (Å²) in [6, 6.07) is 12.4. The Balaban J connectivity index is 1.95. The molecule has 28 heavy (non-hydrogen) atoms. The third-order valence-corrected chi connectivity index (χ3v) is 4.01. The van der Waals surface area contributed by atoms with Crippen molar-refractivity contribution in [1.29, 1.82) is 0 Å². The fraction of sp³-hybridized carbons (Fsp3) is 0.200. The van der Waals surface area contributed by atoms with Crippen LogP contribution in [0.1, 0.15) is 0 Å². The standard InChI is InChI=1S/C20H18FNO6/c1-25-19(23)17-11-27-12-22(18(17)20(24)26-2)14-4-3-5-16(10-14)28-15-8-6-13(21)7-9-15/h3-10H,11-12H2,1-2H3. The van der Waals surface area contributed by atoms with Gasteiger partial charge >= 0.3 is 11.9 Å². The molecule has 0 aromatic heterocycles. The van der Waals surface area contributed by atoms with Crippen molar-refractivity contribution in [3.63, 3.8) is 0 Å². The molecule has 0 unspecified atom stereocenters. The predicted molar refractivity (Wildman–Crippen MR) is 97.3 cm³/mol. The fourth-order valence-electron chi connectivity index (χ4n) is 2.70. The summed E-state index contributed by atoms with van der Waals surface area (Å²) in [5.41, 5.74) is 0.645. The van der Waals surface area contributed by atoms with Gasteiger partial charge in [-0.15, -0.1) is 0 Å². The molecule has 1 aliphatic heterocycles. The summed E-state index contributed by atoms with van der Waals surface area (Å²) in [4.78, 5) is 25.9. The molecular weight excluding hydrogens is 369 g/mol. The Morgan fingerprint density at radius 3 is 2.39 bits per heavy atom. The largest absolute Gasteiger partial charge is 0.466 e. The first-order chi connectivity index (χ1) is 13.5. The lowest BCUT2D eigenvalue weighted by molar-refractivity contribution is -0.140. The van der Waals surface area contributed by atoms with Gasteiger partial charge in [0.15, 0.2) is 0 Å². The van der Waals surface area contributed by atoms with Crippen LogP contribution in [0.5, 0.6) is 11.5 Å². The number of hydrogen-bond acceptors (Lipinski definition) is 7. The van der Waals surface area contributed by atoms with Crippen molar-refractivity contribution in [2.45, 2.75) is 0 Å². The van der Waals surface area contributed by atoms with E-state index in [4.69, 9.17) is 18.9 Å². The van der Waals surface area contributed by atoms with Gasteiger partial charge in [0, 0.05) is 11.8 Å². The van der Waals surface area contributed by atoms with E-state index in [1.165, 1.54) is 43.4 Å². The molecule has 0 aliphatic carbocycles. The van der Waals surface area contributed by atoms with Gasteiger partial charge in [-0.25, -0.2) is 14.0 Å². The first-order valence-corrected chi connectivity index (χ1v) is 8.32. The number of hydrogen-bond donors (Lipinski definition) is 0. The summed E-state index contributed by atoms with van der Waals surface area (Å²) in [5, 5.41) is 0. The highest BCUT2D eigenvalue weighted by Gasteiger charge is 2.32. The zero-order valence-corrected chi connectivity index (χ0v) is 15.3. The molecule has 0 bridgehead atoms. The van der Waals surface area contributed by atoms with Gasteiger partial charge in [-0.1, -0.05) is 6.07 Å². The van der Waals surface area contributed by atoms with Crippen LogP contribution in [0.25, 0.3) is 0 Å². The lowest BCUT2D eigenvalue weighted by atomic mass is 10.1. The van der Waals surface area contributed by atoms with Crippen molar-refractivity contribution in [3.05, 3.63) is 65.6 Å². The molecule has 2 aromatic carbocycles. The Morgan fingerprint density at radius 2 is 1.71 bits per heavy atom. The number of nitrogens with zero attached hydrogens (tertiary/aromatic N) is 1. The van der Waals surface area contributed by atoms with E-state index in [0.717, 1.165) is 0 Å². The smallest absolute Gasteiger partial charge is 0.355 e. The molecule has 0 N–H and O–H groups in total. The van der Waals surface area contributed by atoms with Crippen molar-refractivity contribution in [1.82, 2.24) is 0 Å². The molecule has 0 radical (unpaired) electrons. The second kappa shape index (κ2) is 8.53. The Bertz CT molecular complexity index is 909. The molecule has 0 spiro atoms. The number of carbonyl (C=O) groups excluding carboxylic acids is 2. The number of anilines is 1. The zero-order chi connectivity index (χ0) is 20.1. The van der Waals surface area contributed by atoms with Crippen LogP contribution >= 0.6 is 0 Å². The Morgan fingerprint density at radius 1 is 1.00 bits per heavy atom. The molecule has 7 nitrogen and oxygen atoms in total. The topological polar surface area (TPSA) is 74.3 Å². The van der Waals surface area contributed by atoms with Gasteiger partial charge in [0.1, 0.15) is 29.7 Å². The number of esters is 2. The molecular formula is C20H18FNO6. The summed E-state index contributed by atoms with van der Waals surface area (Å²) in [5.74, 6) is -0.821. The third kappa shape index (κ3) is 4.12. The quantitative estimate of drug-likeness (QED) is 0.730. The minimum atomic E-state index is -0.687. The molecule has 1 heterocycles. The van der Waals surface area contributed by atoms with Crippen LogP contribution in [0.3, 0.4) is 0 Å². The van der Waals surface area contributed by atoms with Gasteiger partial charge < -0.3 is 23.8 Å². The number of methoxy groups -OCH3 is 2. The van der Waals surface area contributed by atoms with E-state index in [2.05, 4.69) is 0 Å². The van der Waals surface area contributed by atoms with Gasteiger partial charge in [0.2, 0.25) is 0 Å². The van der Waals surface area contributed by atoms with Crippen LogP contribution in [0.4, 0.5) is 10.1 Å². The van der Waals surface area contributed by atoms with E-state index >= 15 is 0 Å². The summed E-state index contributed by atoms with van der Waals surface area (Å²) >= 11 is 0. The maximum absolute atomic E-state index is 13.1. The van der Waals surface area contributed by atoms with Crippen LogP contribution in [0.15, 0.2) is 59.8 Å². The second-order valence-electron chi connectivity index (χ2n) is 5.77. The third-order valence-electron chi connectivity index (χ3n) is 4.01. The molecule has 1 aliphatic rings. The average Bonchev–Trinajstić information content (AvgIpc) is 2.74. The van der Waals surface area contributed by atoms with Gasteiger partial charge in [0.25, 0.3) is 0 Å². The normalized spacial score (nSPS) is 13.9. The predicted octanol–water partition coefficient (Wildman–Crippen LogP) is 3.01. The highest BCUT2D eigenvalue weighted by atomic mass is 19.1. The number of benzene rings is 2. The van der Waals surface area contributed by atoms with Crippen molar-refractivity contribution >= 4 is 17.6 Å². The van der Waals surface area contributed by atoms with E-state index in [0.29, 0.717) is 17.2 Å². The number of ether oxygens (including phenoxy) is 4. The summed E-state index contributed by atoms with van der Waals surface area (Å²) in [6.45, 7) is -0.0374. The lowest BCUT2D eigenvalue weighted by Crippen LogP contribution is -2.38. The van der Waals surface area contributed by atoms with E-state index in [1.54, 1.807) is 24.3 Å². The Labute approximate surface area is 160 Å². The minimum absolute atomic E-state index is 0.0327. The molecule has 0 atom stereocenters. The first-order valence-electron chi connectivity index (χ1n) is 8.32. The number of rotatable bonds is 5. The fourth-order valence-corrected chi connectivity index (χ4v) is 2.70. The Kier molecular flexibility index (Phi) is 5.90. The molecule has 0 amide bonds. The summed E-state index contributed by atoms with van der Waals surface area (Å²) in [7, 11) is 2.45. The molecule has 0 saturated heterocycles. The van der Waals surface area contributed by atoms with E-state index in [1.807, 2.05) is 0 Å². The highest BCUT2D eigenvalue weighted by Crippen LogP contribution is 2.31. The molecule has 146 valence electrons. The van der Waals surface area contributed by atoms with Crippen molar-refractivity contribution in [2.75, 3.05) is 32.5 Å². The summed E-state index contributed by atoms with van der Waals surface area (Å²) in [6.07, 6.45) is 0. The van der Waals surface area contributed by atoms with E-state index in [9.17, 15) is 14.0 Å². The van der Waals surface area contributed by atoms with E-state index < -0.39 is 11.9 Å². The van der Waals surface area contributed by atoms with Crippen molar-refractivity contribution in [2.24, 2.45) is 0 Å². The van der Waals surface area contributed by atoms with Crippen LogP contribution in [0.2, 0.25) is 0 Å². The minimum Gasteiger partial charge on any atom is -0.466 e. The lowest BCUT2D eigenvalue weighted by Gasteiger charge is -2.31. The SMILES string of the molecule is COC(=O)C1=C(C(=O)OC)N(c2cccc(Oc3ccc(F)cc3)c2)COC1.